The predicted octanol–water partition coefficient (Wildman–Crippen LogP) is 0.121. The minimum atomic E-state index is -1.08. The molecule has 0 atom stereocenters. The van der Waals surface area contributed by atoms with Crippen molar-refractivity contribution < 1.29 is 49.4 Å². The number of rotatable bonds is 8. The van der Waals surface area contributed by atoms with Crippen LogP contribution in [0.2, 0.25) is 0 Å². The normalized spacial score (nSPS) is 8.59. The van der Waals surface area contributed by atoms with E-state index in [4.69, 9.17) is 10.2 Å². The van der Waals surface area contributed by atoms with Crippen molar-refractivity contribution in [2.75, 3.05) is 0 Å². The van der Waals surface area contributed by atoms with Crippen LogP contribution >= 0.6 is 0 Å². The molecule has 0 amide bonds. The molecule has 0 bridgehead atoms. The van der Waals surface area contributed by atoms with Crippen LogP contribution in [-0.4, -0.2) is 22.2 Å². The van der Waals surface area contributed by atoms with Gasteiger partial charge in [0, 0.05) is 0 Å². The molecule has 0 aromatic heterocycles. The molecule has 0 spiro atoms. The van der Waals surface area contributed by atoms with Crippen LogP contribution in [0.1, 0.15) is 58.8 Å². The van der Waals surface area contributed by atoms with Gasteiger partial charge in [-0.05, 0) is 0 Å². The standard InChI is InChI=1S/C8H17.C4H6O4.Na/c1-3-5-7-8-6-4-2;5-3(6)1-2-4(7)8;/h3H,4-8H2,1-2H3;1-2H2,(H,5,6)(H,7,8);/q-1;;+1. The Morgan fingerprint density at radius 1 is 1.00 bits per heavy atom. The first-order valence-corrected chi connectivity index (χ1v) is 5.76. The van der Waals surface area contributed by atoms with Gasteiger partial charge >= 0.3 is 41.5 Å². The van der Waals surface area contributed by atoms with E-state index in [1.807, 2.05) is 0 Å². The molecule has 96 valence electrons. The second-order valence-electron chi connectivity index (χ2n) is 3.55. The molecule has 0 radical (unpaired) electrons. The van der Waals surface area contributed by atoms with Crippen molar-refractivity contribution in [2.24, 2.45) is 0 Å². The summed E-state index contributed by atoms with van der Waals surface area (Å²) in [7, 11) is 0. The Morgan fingerprint density at radius 2 is 1.47 bits per heavy atom. The van der Waals surface area contributed by atoms with Crippen LogP contribution in [0.25, 0.3) is 0 Å². The van der Waals surface area contributed by atoms with E-state index in [0.29, 0.717) is 0 Å². The van der Waals surface area contributed by atoms with Gasteiger partial charge in [-0.15, -0.1) is 0 Å². The molecule has 0 unspecified atom stereocenters. The van der Waals surface area contributed by atoms with Crippen LogP contribution < -0.4 is 29.6 Å². The molecule has 0 rings (SSSR count). The fraction of sp³-hybridized carbons (Fsp3) is 0.750. The molecule has 0 heterocycles. The van der Waals surface area contributed by atoms with E-state index in [1.54, 1.807) is 0 Å². The molecule has 2 N–H and O–H groups in total. The summed E-state index contributed by atoms with van der Waals surface area (Å²) in [4.78, 5) is 19.3. The molecule has 0 saturated carbocycles. The molecule has 0 aliphatic rings. The summed E-state index contributed by atoms with van der Waals surface area (Å²) in [5.41, 5.74) is 0. The van der Waals surface area contributed by atoms with Crippen LogP contribution in [0.3, 0.4) is 0 Å². The van der Waals surface area contributed by atoms with Crippen molar-refractivity contribution in [2.45, 2.75) is 58.8 Å². The number of carboxylic acids is 2. The second kappa shape index (κ2) is 18.3. The monoisotopic (exact) mass is 254 g/mol. The SMILES string of the molecule is C[CH-]CCCCCC.O=C(O)CCC(=O)O.[Na+]. The predicted molar refractivity (Wildman–Crippen MR) is 63.2 cm³/mol. The first kappa shape index (κ1) is 22.1. The van der Waals surface area contributed by atoms with Crippen LogP contribution in [-0.2, 0) is 9.59 Å². The molecule has 4 nitrogen and oxygen atoms in total. The number of hydrogen-bond donors (Lipinski definition) is 2. The largest absolute Gasteiger partial charge is 1.00 e. The maximum Gasteiger partial charge on any atom is 1.00 e. The van der Waals surface area contributed by atoms with E-state index >= 15 is 0 Å². The fourth-order valence-corrected chi connectivity index (χ4v) is 0.989. The third-order valence-electron chi connectivity index (χ3n) is 1.90. The molecule has 0 aliphatic heterocycles. The molecule has 0 aromatic rings. The molecule has 0 aromatic carbocycles. The number of aliphatic carboxylic acids is 2. The van der Waals surface area contributed by atoms with Crippen molar-refractivity contribution in [1.29, 1.82) is 0 Å². The number of carboxylic acid groups (broad SMARTS) is 2. The van der Waals surface area contributed by atoms with Gasteiger partial charge in [0.25, 0.3) is 0 Å². The summed E-state index contributed by atoms with van der Waals surface area (Å²) in [6.07, 6.45) is 8.53. The Kier molecular flexibility index (Phi) is 23.9. The maximum absolute atomic E-state index is 9.64. The average Bonchev–Trinajstić information content (AvgIpc) is 2.23. The zero-order valence-corrected chi connectivity index (χ0v) is 13.2. The number of carbonyl (C=O) groups is 2. The maximum atomic E-state index is 9.64. The van der Waals surface area contributed by atoms with Gasteiger partial charge in [0.05, 0.1) is 12.8 Å². The molecular weight excluding hydrogens is 231 g/mol. The number of hydrogen-bond acceptors (Lipinski definition) is 2. The van der Waals surface area contributed by atoms with Crippen molar-refractivity contribution in [3.63, 3.8) is 0 Å². The van der Waals surface area contributed by atoms with E-state index < -0.39 is 11.9 Å². The second-order valence-corrected chi connectivity index (χ2v) is 3.55. The zero-order chi connectivity index (χ0) is 12.8. The van der Waals surface area contributed by atoms with Gasteiger partial charge in [-0.25, -0.2) is 0 Å². The quantitative estimate of drug-likeness (QED) is 0.366. The summed E-state index contributed by atoms with van der Waals surface area (Å²) in [6, 6.07) is 0. The van der Waals surface area contributed by atoms with Gasteiger partial charge in [-0.3, -0.25) is 9.59 Å². The molecule has 0 saturated heterocycles. The Morgan fingerprint density at radius 3 is 1.76 bits per heavy atom. The van der Waals surface area contributed by atoms with Crippen molar-refractivity contribution in [3.8, 4) is 0 Å². The molecule has 0 aliphatic carbocycles. The van der Waals surface area contributed by atoms with E-state index in [2.05, 4.69) is 20.3 Å². The third kappa shape index (κ3) is 31.4. The first-order valence-electron chi connectivity index (χ1n) is 5.76. The van der Waals surface area contributed by atoms with Crippen molar-refractivity contribution in [3.05, 3.63) is 6.42 Å². The van der Waals surface area contributed by atoms with Gasteiger partial charge in [-0.1, -0.05) is 32.6 Å². The van der Waals surface area contributed by atoms with E-state index in [1.165, 1.54) is 32.1 Å². The molecule has 0 fully saturated rings. The van der Waals surface area contributed by atoms with Crippen molar-refractivity contribution in [1.82, 2.24) is 0 Å². The van der Waals surface area contributed by atoms with Crippen LogP contribution in [0.15, 0.2) is 0 Å². The van der Waals surface area contributed by atoms with Gasteiger partial charge in [0.15, 0.2) is 0 Å². The number of unbranched alkanes of at least 4 members (excludes halogenated alkanes) is 5. The Balaban J connectivity index is -0.000000218. The van der Waals surface area contributed by atoms with Crippen LogP contribution in [0, 0.1) is 6.42 Å². The Hall–Kier alpha value is -0.0600. The molecular formula is C12H23NaO4. The minimum Gasteiger partial charge on any atom is -0.481 e. The average molecular weight is 254 g/mol. The van der Waals surface area contributed by atoms with E-state index in [-0.39, 0.29) is 42.4 Å². The van der Waals surface area contributed by atoms with Gasteiger partial charge in [0.1, 0.15) is 0 Å². The van der Waals surface area contributed by atoms with Gasteiger partial charge < -0.3 is 16.6 Å². The fourth-order valence-electron chi connectivity index (χ4n) is 0.989. The molecule has 5 heteroatoms. The summed E-state index contributed by atoms with van der Waals surface area (Å²) in [6.45, 7) is 4.38. The summed E-state index contributed by atoms with van der Waals surface area (Å²) < 4.78 is 0. The third-order valence-corrected chi connectivity index (χ3v) is 1.90. The van der Waals surface area contributed by atoms with E-state index in [9.17, 15) is 9.59 Å². The van der Waals surface area contributed by atoms with Gasteiger partial charge in [0.2, 0.25) is 0 Å². The van der Waals surface area contributed by atoms with Crippen molar-refractivity contribution >= 4 is 11.9 Å². The minimum absolute atomic E-state index is 0. The summed E-state index contributed by atoms with van der Waals surface area (Å²) >= 11 is 0. The molecule has 17 heavy (non-hydrogen) atoms. The Labute approximate surface area is 126 Å². The summed E-state index contributed by atoms with van der Waals surface area (Å²) in [5.74, 6) is -2.15. The van der Waals surface area contributed by atoms with E-state index in [0.717, 1.165) is 0 Å². The first-order chi connectivity index (χ1) is 7.54. The van der Waals surface area contributed by atoms with Gasteiger partial charge in [-0.2, -0.15) is 13.3 Å². The van der Waals surface area contributed by atoms with Crippen LogP contribution in [0.4, 0.5) is 0 Å². The van der Waals surface area contributed by atoms with Crippen LogP contribution in [0.5, 0.6) is 0 Å². The zero-order valence-electron chi connectivity index (χ0n) is 11.2. The smallest absolute Gasteiger partial charge is 0.481 e. The Bertz CT molecular complexity index is 163. The summed E-state index contributed by atoms with van der Waals surface area (Å²) in [5, 5.41) is 15.8. The topological polar surface area (TPSA) is 74.6 Å².